The van der Waals surface area contributed by atoms with Gasteiger partial charge in [-0.3, -0.25) is 9.59 Å². The molecule has 5 nitrogen and oxygen atoms in total. The number of ketones is 2. The van der Waals surface area contributed by atoms with E-state index in [-0.39, 0.29) is 28.2 Å². The van der Waals surface area contributed by atoms with Crippen molar-refractivity contribution in [1.29, 1.82) is 0 Å². The predicted molar refractivity (Wildman–Crippen MR) is 161 cm³/mol. The molecule has 0 amide bonds. The Kier molecular flexibility index (Phi) is 8.32. The molecule has 5 rings (SSSR count). The van der Waals surface area contributed by atoms with Crippen molar-refractivity contribution in [2.45, 2.75) is 72.3 Å². The highest BCUT2D eigenvalue weighted by molar-refractivity contribution is 9.10. The van der Waals surface area contributed by atoms with Crippen LogP contribution in [0.1, 0.15) is 76.8 Å². The molecule has 7 heteroatoms. The minimum Gasteiger partial charge on any atom is -0.488 e. The molecule has 2 aliphatic carbocycles. The van der Waals surface area contributed by atoms with Crippen molar-refractivity contribution in [1.82, 2.24) is 4.90 Å². The highest BCUT2D eigenvalue weighted by Gasteiger charge is 2.48. The molecule has 0 unspecified atom stereocenters. The van der Waals surface area contributed by atoms with Crippen LogP contribution in [-0.2, 0) is 20.9 Å². The van der Waals surface area contributed by atoms with Gasteiger partial charge >= 0.3 is 0 Å². The maximum atomic E-state index is 13.9. The number of hydrogen-bond acceptors (Lipinski definition) is 5. The molecule has 0 radical (unpaired) electrons. The minimum atomic E-state index is -0.409. The summed E-state index contributed by atoms with van der Waals surface area (Å²) in [6.07, 6.45) is 3.28. The molecule has 0 spiro atoms. The third-order valence-electron chi connectivity index (χ3n) is 8.35. The van der Waals surface area contributed by atoms with E-state index in [0.717, 1.165) is 57.4 Å². The first kappa shape index (κ1) is 29.7. The number of allylic oxidation sites excluding steroid dienone is 4. The highest BCUT2D eigenvalue weighted by atomic mass is 79.9. The van der Waals surface area contributed by atoms with Crippen LogP contribution >= 0.6 is 15.9 Å². The lowest BCUT2D eigenvalue weighted by molar-refractivity contribution is -0.119. The molecule has 41 heavy (non-hydrogen) atoms. The topological polar surface area (TPSA) is 55.8 Å². The first-order chi connectivity index (χ1) is 19.4. The predicted octanol–water partition coefficient (Wildman–Crippen LogP) is 7.89. The van der Waals surface area contributed by atoms with Crippen LogP contribution in [0.2, 0.25) is 0 Å². The average Bonchev–Trinajstić information content (AvgIpc) is 2.88. The van der Waals surface area contributed by atoms with E-state index >= 15 is 0 Å². The van der Waals surface area contributed by atoms with Gasteiger partial charge in [-0.05, 0) is 81.4 Å². The van der Waals surface area contributed by atoms with Gasteiger partial charge in [0.05, 0.1) is 4.47 Å². The van der Waals surface area contributed by atoms with Crippen molar-refractivity contribution in [3.05, 3.63) is 86.4 Å². The largest absolute Gasteiger partial charge is 0.488 e. The maximum absolute atomic E-state index is 13.9. The van der Waals surface area contributed by atoms with Gasteiger partial charge in [-0.2, -0.15) is 0 Å². The third-order valence-corrected chi connectivity index (χ3v) is 8.97. The first-order valence-electron chi connectivity index (χ1n) is 14.3. The van der Waals surface area contributed by atoms with Gasteiger partial charge in [0.25, 0.3) is 0 Å². The zero-order valence-corrected chi connectivity index (χ0v) is 26.2. The summed E-state index contributed by atoms with van der Waals surface area (Å²) < 4.78 is 25.5. The number of Topliss-reactive ketones (excluding diaryl/α,β-unsaturated/α-hetero) is 2. The van der Waals surface area contributed by atoms with Crippen molar-refractivity contribution in [3.63, 3.8) is 0 Å². The summed E-state index contributed by atoms with van der Waals surface area (Å²) >= 11 is 3.68. The van der Waals surface area contributed by atoms with Gasteiger partial charge in [0.1, 0.15) is 18.2 Å². The van der Waals surface area contributed by atoms with E-state index in [4.69, 9.17) is 9.47 Å². The summed E-state index contributed by atoms with van der Waals surface area (Å²) in [6, 6.07) is 12.1. The standard InChI is InChI=1S/C34H39BrFNO4/c1-33(2)16-25-31(27(38)18-33)30(32-26(37(25)13-6-14-40-5)17-34(3,4)19-28(32)39)22-9-12-29(24(35)15-22)41-20-21-7-10-23(36)11-8-21/h7-12,15,30H,6,13-14,16-20H2,1-5H3. The Morgan fingerprint density at radius 1 is 0.902 bits per heavy atom. The monoisotopic (exact) mass is 623 g/mol. The molecule has 1 heterocycles. The van der Waals surface area contributed by atoms with Crippen LogP contribution in [0.15, 0.2) is 69.5 Å². The molecule has 2 aromatic rings. The van der Waals surface area contributed by atoms with Gasteiger partial charge in [0.15, 0.2) is 11.6 Å². The third kappa shape index (κ3) is 6.21. The molecule has 0 saturated carbocycles. The maximum Gasteiger partial charge on any atom is 0.162 e. The fourth-order valence-electron chi connectivity index (χ4n) is 6.57. The van der Waals surface area contributed by atoms with E-state index in [1.165, 1.54) is 12.1 Å². The second-order valence-corrected chi connectivity index (χ2v) is 14.0. The molecule has 0 aromatic heterocycles. The van der Waals surface area contributed by atoms with Gasteiger partial charge in [-0.25, -0.2) is 4.39 Å². The normalized spacial score (nSPS) is 20.3. The number of halogens is 2. The fraction of sp³-hybridized carbons (Fsp3) is 0.471. The molecule has 0 saturated heterocycles. The molecule has 0 fully saturated rings. The molecular formula is C34H39BrFNO4. The van der Waals surface area contributed by atoms with E-state index in [1.807, 2.05) is 18.2 Å². The van der Waals surface area contributed by atoms with Crippen LogP contribution in [-0.4, -0.2) is 36.7 Å². The Morgan fingerprint density at radius 3 is 2.02 bits per heavy atom. The average molecular weight is 625 g/mol. The van der Waals surface area contributed by atoms with Crippen LogP contribution in [0.25, 0.3) is 0 Å². The van der Waals surface area contributed by atoms with E-state index < -0.39 is 5.92 Å². The van der Waals surface area contributed by atoms with E-state index in [2.05, 4.69) is 48.5 Å². The summed E-state index contributed by atoms with van der Waals surface area (Å²) in [5.41, 5.74) is 5.09. The van der Waals surface area contributed by atoms with Crippen LogP contribution < -0.4 is 4.74 Å². The van der Waals surface area contributed by atoms with Crippen LogP contribution in [0.5, 0.6) is 5.75 Å². The Labute approximate surface area is 250 Å². The lowest BCUT2D eigenvalue weighted by Crippen LogP contribution is -2.44. The summed E-state index contributed by atoms with van der Waals surface area (Å²) in [7, 11) is 1.70. The molecule has 3 aliphatic rings. The lowest BCUT2D eigenvalue weighted by Gasteiger charge is -2.49. The SMILES string of the molecule is COCCCN1C2=C(C(=O)CC(C)(C)C2)C(c2ccc(OCc3ccc(F)cc3)c(Br)c2)C2=C1CC(C)(C)CC2=O. The number of methoxy groups -OCH3 is 1. The number of carbonyl (C=O) groups is 2. The second-order valence-electron chi connectivity index (χ2n) is 13.1. The first-order valence-corrected chi connectivity index (χ1v) is 15.1. The fourth-order valence-corrected chi connectivity index (χ4v) is 7.08. The summed E-state index contributed by atoms with van der Waals surface area (Å²) in [5, 5.41) is 0. The molecule has 218 valence electrons. The molecule has 0 bridgehead atoms. The van der Waals surface area contributed by atoms with E-state index in [1.54, 1.807) is 19.2 Å². The summed E-state index contributed by atoms with van der Waals surface area (Å²) in [5.74, 6) is 0.191. The molecule has 0 atom stereocenters. The van der Waals surface area contributed by atoms with Crippen LogP contribution in [0, 0.1) is 16.6 Å². The lowest BCUT2D eigenvalue weighted by atomic mass is 9.63. The molecular weight excluding hydrogens is 585 g/mol. The van der Waals surface area contributed by atoms with Crippen LogP contribution in [0.3, 0.4) is 0 Å². The molecule has 0 N–H and O–H groups in total. The smallest absolute Gasteiger partial charge is 0.162 e. The van der Waals surface area contributed by atoms with Crippen molar-refractivity contribution in [3.8, 4) is 5.75 Å². The minimum absolute atomic E-state index is 0.120. The number of nitrogens with zero attached hydrogens (tertiary/aromatic N) is 1. The quantitative estimate of drug-likeness (QED) is 0.280. The highest BCUT2D eigenvalue weighted by Crippen LogP contribution is 2.54. The molecule has 2 aromatic carbocycles. The summed E-state index contributed by atoms with van der Waals surface area (Å²) in [6.45, 7) is 10.2. The number of carbonyl (C=O) groups excluding carboxylic acids is 2. The van der Waals surface area contributed by atoms with Crippen molar-refractivity contribution in [2.24, 2.45) is 10.8 Å². The Bertz CT molecular complexity index is 1370. The Hall–Kier alpha value is -2.77. The van der Waals surface area contributed by atoms with E-state index in [0.29, 0.717) is 38.3 Å². The Morgan fingerprint density at radius 2 is 1.49 bits per heavy atom. The van der Waals surface area contributed by atoms with Gasteiger partial charge < -0.3 is 14.4 Å². The Balaban J connectivity index is 1.58. The van der Waals surface area contributed by atoms with Crippen LogP contribution in [0.4, 0.5) is 4.39 Å². The zero-order chi connectivity index (χ0) is 29.5. The van der Waals surface area contributed by atoms with Gasteiger partial charge in [0, 0.05) is 61.6 Å². The van der Waals surface area contributed by atoms with E-state index in [9.17, 15) is 14.0 Å². The van der Waals surface area contributed by atoms with Crippen molar-refractivity contribution in [2.75, 3.05) is 20.3 Å². The summed E-state index contributed by atoms with van der Waals surface area (Å²) in [4.78, 5) is 30.2. The zero-order valence-electron chi connectivity index (χ0n) is 24.6. The van der Waals surface area contributed by atoms with Gasteiger partial charge in [0.2, 0.25) is 0 Å². The van der Waals surface area contributed by atoms with Gasteiger partial charge in [-0.1, -0.05) is 45.9 Å². The number of rotatable bonds is 8. The number of hydrogen-bond donors (Lipinski definition) is 0. The number of benzene rings is 2. The molecule has 1 aliphatic heterocycles. The van der Waals surface area contributed by atoms with Gasteiger partial charge in [-0.15, -0.1) is 0 Å². The number of ether oxygens (including phenoxy) is 2. The second kappa shape index (κ2) is 11.5. The van der Waals surface area contributed by atoms with Crippen molar-refractivity contribution >= 4 is 27.5 Å². The van der Waals surface area contributed by atoms with Crippen molar-refractivity contribution < 1.29 is 23.5 Å².